The van der Waals surface area contributed by atoms with Crippen LogP contribution in [0.3, 0.4) is 0 Å². The molecule has 282 valence electrons. The first kappa shape index (κ1) is 45.0. The summed E-state index contributed by atoms with van der Waals surface area (Å²) in [6, 6.07) is -0.981. The van der Waals surface area contributed by atoms with E-state index in [0.29, 0.717) is 0 Å². The van der Waals surface area contributed by atoms with Gasteiger partial charge >= 0.3 is 17.9 Å². The quantitative estimate of drug-likeness (QED) is 0.0455. The number of carbonyl (C=O) groups excluding carboxylic acids is 5. The van der Waals surface area contributed by atoms with Crippen LogP contribution in [0.25, 0.3) is 0 Å². The Kier molecular flexibility index (Phi) is 16.9. The van der Waals surface area contributed by atoms with Crippen LogP contribution in [0.15, 0.2) is 12.7 Å². The van der Waals surface area contributed by atoms with E-state index in [4.69, 9.17) is 23.1 Å². The van der Waals surface area contributed by atoms with Gasteiger partial charge in [0, 0.05) is 12.4 Å². The molecule has 0 aliphatic carbocycles. The number of ether oxygens (including phenoxy) is 3. The van der Waals surface area contributed by atoms with E-state index < -0.39 is 81.7 Å². The zero-order valence-corrected chi connectivity index (χ0v) is 34.7. The second-order valence-corrected chi connectivity index (χ2v) is 25.9. The van der Waals surface area contributed by atoms with Gasteiger partial charge in [0.1, 0.15) is 6.61 Å². The summed E-state index contributed by atoms with van der Waals surface area (Å²) in [5.41, 5.74) is 0. The molecule has 1 unspecified atom stereocenters. The van der Waals surface area contributed by atoms with Gasteiger partial charge in [-0.05, 0) is 63.5 Å². The average Bonchev–Trinajstić information content (AvgIpc) is 2.95. The highest BCUT2D eigenvalue weighted by atomic mass is 32.2. The number of esters is 3. The Morgan fingerprint density at radius 2 is 1.43 bits per heavy atom. The summed E-state index contributed by atoms with van der Waals surface area (Å²) in [5, 5.41) is 10.4. The third-order valence-corrected chi connectivity index (χ3v) is 20.0. The summed E-state index contributed by atoms with van der Waals surface area (Å²) in [7, 11) is -4.68. The SMILES string of the molecule is C=CCOC(=O)C(O)N1C(=O)[C@H]([C@@H](C)O[Si](C)(C)C(C)(C)C)[C@H]1[C@@H](CCO[Si](C)(C)C(C)(C)C)C(=O)SCC(C(=O)OCC)C(=O)OCC. The molecule has 1 aliphatic heterocycles. The molecule has 1 fully saturated rings. The fourth-order valence-electron chi connectivity index (χ4n) is 4.88. The number of hydrogen-bond donors (Lipinski definition) is 1. The molecule has 1 heterocycles. The average molecular weight is 748 g/mol. The Bertz CT molecular complexity index is 1160. The largest absolute Gasteiger partial charge is 0.465 e. The van der Waals surface area contributed by atoms with Crippen LogP contribution in [0, 0.1) is 17.8 Å². The molecule has 1 amide bonds. The molecule has 1 saturated heterocycles. The van der Waals surface area contributed by atoms with Crippen molar-refractivity contribution in [3.05, 3.63) is 12.7 Å². The van der Waals surface area contributed by atoms with E-state index in [2.05, 4.69) is 74.3 Å². The maximum atomic E-state index is 14.3. The number of nitrogens with zero attached hydrogens (tertiary/aromatic N) is 1. The smallest absolute Gasteiger partial charge is 0.356 e. The van der Waals surface area contributed by atoms with Crippen LogP contribution >= 0.6 is 11.8 Å². The van der Waals surface area contributed by atoms with E-state index in [1.807, 2.05) is 0 Å². The van der Waals surface area contributed by atoms with Crippen molar-refractivity contribution in [3.8, 4) is 0 Å². The number of likely N-dealkylation sites (tertiary alicyclic amines) is 1. The van der Waals surface area contributed by atoms with Gasteiger partial charge in [0.15, 0.2) is 27.7 Å². The Labute approximate surface area is 299 Å². The first-order chi connectivity index (χ1) is 22.4. The van der Waals surface area contributed by atoms with Crippen molar-refractivity contribution in [1.82, 2.24) is 4.90 Å². The minimum atomic E-state index is -2.41. The van der Waals surface area contributed by atoms with Gasteiger partial charge in [0.2, 0.25) is 12.1 Å². The third-order valence-electron chi connectivity index (χ3n) is 9.79. The van der Waals surface area contributed by atoms with Crippen molar-refractivity contribution in [2.75, 3.05) is 32.2 Å². The lowest BCUT2D eigenvalue weighted by atomic mass is 9.75. The van der Waals surface area contributed by atoms with Gasteiger partial charge < -0.3 is 33.1 Å². The first-order valence-corrected chi connectivity index (χ1v) is 23.8. The van der Waals surface area contributed by atoms with Crippen LogP contribution in [0.4, 0.5) is 0 Å². The molecule has 0 spiro atoms. The summed E-state index contributed by atoms with van der Waals surface area (Å²) in [6.07, 6.45) is -1.18. The van der Waals surface area contributed by atoms with Crippen molar-refractivity contribution in [2.24, 2.45) is 17.8 Å². The van der Waals surface area contributed by atoms with Crippen LogP contribution in [-0.2, 0) is 47.0 Å². The van der Waals surface area contributed by atoms with E-state index in [1.54, 1.807) is 20.8 Å². The van der Waals surface area contributed by atoms with Crippen LogP contribution in [0.2, 0.25) is 36.3 Å². The van der Waals surface area contributed by atoms with Crippen molar-refractivity contribution in [1.29, 1.82) is 0 Å². The van der Waals surface area contributed by atoms with Crippen molar-refractivity contribution in [2.45, 2.75) is 123 Å². The van der Waals surface area contributed by atoms with Crippen LogP contribution < -0.4 is 0 Å². The first-order valence-electron chi connectivity index (χ1n) is 17.0. The molecule has 0 aromatic rings. The summed E-state index contributed by atoms with van der Waals surface area (Å²) < 4.78 is 28.3. The summed E-state index contributed by atoms with van der Waals surface area (Å²) in [4.78, 5) is 67.4. The normalized spacial score (nSPS) is 19.1. The predicted molar refractivity (Wildman–Crippen MR) is 195 cm³/mol. The predicted octanol–water partition coefficient (Wildman–Crippen LogP) is 5.30. The molecule has 0 saturated carbocycles. The minimum absolute atomic E-state index is 0.0353. The van der Waals surface area contributed by atoms with Gasteiger partial charge in [-0.3, -0.25) is 19.2 Å². The number of aliphatic hydroxyl groups is 1. The van der Waals surface area contributed by atoms with Crippen LogP contribution in [0.5, 0.6) is 0 Å². The lowest BCUT2D eigenvalue weighted by Gasteiger charge is -2.54. The molecule has 0 bridgehead atoms. The molecule has 1 rings (SSSR count). The number of hydrogen-bond acceptors (Lipinski definition) is 12. The van der Waals surface area contributed by atoms with Crippen molar-refractivity contribution in [3.63, 3.8) is 0 Å². The number of amides is 1. The number of aliphatic hydroxyl groups excluding tert-OH is 1. The molecule has 5 atom stereocenters. The van der Waals surface area contributed by atoms with E-state index >= 15 is 0 Å². The molecule has 0 radical (unpaired) electrons. The number of β-lactam (4-membered cyclic amide) rings is 1. The van der Waals surface area contributed by atoms with E-state index in [-0.39, 0.29) is 48.7 Å². The Balaban J connectivity index is 3.67. The fourth-order valence-corrected chi connectivity index (χ4v) is 8.45. The van der Waals surface area contributed by atoms with Gasteiger partial charge in [-0.1, -0.05) is 66.0 Å². The number of thioether (sulfide) groups is 1. The summed E-state index contributed by atoms with van der Waals surface area (Å²) >= 11 is 0.745. The minimum Gasteiger partial charge on any atom is -0.465 e. The van der Waals surface area contributed by atoms with Crippen LogP contribution in [-0.4, -0.2) is 106 Å². The number of rotatable bonds is 19. The lowest BCUT2D eigenvalue weighted by molar-refractivity contribution is -0.201. The van der Waals surface area contributed by atoms with E-state index in [9.17, 15) is 29.1 Å². The van der Waals surface area contributed by atoms with Crippen molar-refractivity contribution < 1.29 is 52.1 Å². The second-order valence-electron chi connectivity index (χ2n) is 15.3. The van der Waals surface area contributed by atoms with Gasteiger partial charge in [0.05, 0.1) is 37.2 Å². The molecular weight excluding hydrogens is 687 g/mol. The van der Waals surface area contributed by atoms with Crippen LogP contribution in [0.1, 0.15) is 68.7 Å². The maximum absolute atomic E-state index is 14.3. The zero-order chi connectivity index (χ0) is 38.1. The lowest BCUT2D eigenvalue weighted by Crippen LogP contribution is -2.72. The molecule has 15 heteroatoms. The molecule has 0 aromatic heterocycles. The fraction of sp³-hybridized carbons (Fsp3) is 0.794. The third kappa shape index (κ3) is 11.7. The van der Waals surface area contributed by atoms with Gasteiger partial charge in [-0.25, -0.2) is 4.79 Å². The molecule has 12 nitrogen and oxygen atoms in total. The molecule has 49 heavy (non-hydrogen) atoms. The zero-order valence-electron chi connectivity index (χ0n) is 31.9. The summed E-state index contributed by atoms with van der Waals surface area (Å²) in [5.74, 6) is -6.71. The maximum Gasteiger partial charge on any atom is 0.356 e. The van der Waals surface area contributed by atoms with E-state index in [1.165, 1.54) is 6.08 Å². The molecule has 1 aliphatic rings. The van der Waals surface area contributed by atoms with E-state index in [0.717, 1.165) is 16.7 Å². The summed E-state index contributed by atoms with van der Waals surface area (Å²) in [6.45, 7) is 29.3. The second kappa shape index (κ2) is 18.4. The van der Waals surface area contributed by atoms with Crippen molar-refractivity contribution >= 4 is 57.3 Å². The number of carbonyl (C=O) groups is 5. The van der Waals surface area contributed by atoms with Gasteiger partial charge in [-0.2, -0.15) is 0 Å². The Hall–Kier alpha value is -2.05. The Morgan fingerprint density at radius 3 is 1.88 bits per heavy atom. The highest BCUT2D eigenvalue weighted by Crippen LogP contribution is 2.44. The molecule has 1 N–H and O–H groups in total. The molecule has 0 aromatic carbocycles. The molecular formula is C34H61NO11SSi2. The highest BCUT2D eigenvalue weighted by Gasteiger charge is 2.59. The standard InChI is InChI=1S/C34H61NO11SSi2/c1-15-19-44-31(40)28(37)35-26(25(27(35)36)22(4)46-49(13,14)34(8,9)10)23(18-20-45-48(11,12)33(5,6)7)32(41)47-21-24(29(38)42-16-2)30(39)43-17-3/h15,22-26,28,37H,1,16-21H2,2-14H3/t22-,23-,25-,26-,28?/m1/s1. The van der Waals surface area contributed by atoms with Gasteiger partial charge in [-0.15, -0.1) is 0 Å². The Morgan fingerprint density at radius 1 is 0.918 bits per heavy atom. The highest BCUT2D eigenvalue weighted by molar-refractivity contribution is 8.13. The monoisotopic (exact) mass is 747 g/mol. The van der Waals surface area contributed by atoms with Gasteiger partial charge in [0.25, 0.3) is 0 Å². The topological polar surface area (TPSA) is 155 Å².